The molecule has 0 unspecified atom stereocenters. The predicted octanol–water partition coefficient (Wildman–Crippen LogP) is 2.47. The Labute approximate surface area is 165 Å². The third kappa shape index (κ3) is 5.47. The van der Waals surface area contributed by atoms with Crippen LogP contribution in [0.5, 0.6) is 0 Å². The van der Waals surface area contributed by atoms with Crippen molar-refractivity contribution in [2.75, 3.05) is 11.9 Å². The minimum absolute atomic E-state index is 0.131. The number of aryl methyl sites for hydroxylation is 2. The molecule has 0 aliphatic rings. The average Bonchev–Trinajstić information content (AvgIpc) is 2.64. The summed E-state index contributed by atoms with van der Waals surface area (Å²) in [6.07, 6.45) is 0. The lowest BCUT2D eigenvalue weighted by atomic mass is 10.1. The summed E-state index contributed by atoms with van der Waals surface area (Å²) in [7, 11) is -5.49. The second-order valence-electron chi connectivity index (χ2n) is 6.15. The Morgan fingerprint density at radius 2 is 1.59 bits per heavy atom. The molecule has 2 amide bonds. The largest absolute Gasteiger partial charge is 0.501 e. The van der Waals surface area contributed by atoms with Crippen molar-refractivity contribution in [3.63, 3.8) is 0 Å². The van der Waals surface area contributed by atoms with Gasteiger partial charge in [0.15, 0.2) is 0 Å². The lowest BCUT2D eigenvalue weighted by Crippen LogP contribution is -2.44. The Morgan fingerprint density at radius 3 is 2.14 bits per heavy atom. The van der Waals surface area contributed by atoms with Gasteiger partial charge in [-0.05, 0) is 49.7 Å². The summed E-state index contributed by atoms with van der Waals surface area (Å²) in [4.78, 5) is 22.8. The molecule has 3 N–H and O–H groups in total. The molecule has 0 saturated heterocycles. The summed E-state index contributed by atoms with van der Waals surface area (Å²) < 4.78 is 60.1. The van der Waals surface area contributed by atoms with Crippen LogP contribution in [-0.2, 0) is 14.6 Å². The van der Waals surface area contributed by atoms with Gasteiger partial charge < -0.3 is 5.32 Å². The second kappa shape index (κ2) is 8.52. The van der Waals surface area contributed by atoms with Crippen LogP contribution in [0.15, 0.2) is 47.4 Å². The molecule has 0 atom stereocenters. The average molecular weight is 429 g/mol. The second-order valence-corrected chi connectivity index (χ2v) is 8.09. The molecule has 0 saturated carbocycles. The van der Waals surface area contributed by atoms with Gasteiger partial charge in [0.2, 0.25) is 0 Å². The third-order valence-corrected chi connectivity index (χ3v) is 5.37. The predicted molar refractivity (Wildman–Crippen MR) is 99.7 cm³/mol. The van der Waals surface area contributed by atoms with Crippen molar-refractivity contribution >= 4 is 27.3 Å². The number of halogens is 3. The van der Waals surface area contributed by atoms with Gasteiger partial charge in [-0.25, -0.2) is 8.42 Å². The first-order chi connectivity index (χ1) is 13.4. The van der Waals surface area contributed by atoms with Crippen LogP contribution in [0.4, 0.5) is 18.9 Å². The Bertz CT molecular complexity index is 1020. The topological polar surface area (TPSA) is 104 Å². The number of carbonyl (C=O) groups excluding carboxylic acids is 2. The first-order valence-corrected chi connectivity index (χ1v) is 9.72. The van der Waals surface area contributed by atoms with Crippen molar-refractivity contribution in [1.82, 2.24) is 10.9 Å². The van der Waals surface area contributed by atoms with E-state index in [1.165, 1.54) is 0 Å². The van der Waals surface area contributed by atoms with E-state index in [0.29, 0.717) is 12.1 Å². The van der Waals surface area contributed by atoms with Crippen LogP contribution < -0.4 is 16.2 Å². The third-order valence-electron chi connectivity index (χ3n) is 3.87. The lowest BCUT2D eigenvalue weighted by Gasteiger charge is -2.12. The number of amides is 2. The number of anilines is 1. The molecule has 0 heterocycles. The van der Waals surface area contributed by atoms with Gasteiger partial charge in [-0.1, -0.05) is 17.7 Å². The van der Waals surface area contributed by atoms with Crippen LogP contribution in [-0.4, -0.2) is 32.3 Å². The van der Waals surface area contributed by atoms with E-state index < -0.39 is 32.1 Å². The zero-order chi connectivity index (χ0) is 21.8. The molecule has 11 heteroatoms. The molecule has 7 nitrogen and oxygen atoms in total. The number of alkyl halides is 3. The van der Waals surface area contributed by atoms with E-state index in [1.54, 1.807) is 0 Å². The molecule has 2 aromatic carbocycles. The van der Waals surface area contributed by atoms with Gasteiger partial charge in [-0.2, -0.15) is 13.2 Å². The highest BCUT2D eigenvalue weighted by Gasteiger charge is 2.46. The summed E-state index contributed by atoms with van der Waals surface area (Å²) >= 11 is 0. The Kier molecular flexibility index (Phi) is 6.52. The van der Waals surface area contributed by atoms with Crippen LogP contribution in [0, 0.1) is 13.8 Å². The van der Waals surface area contributed by atoms with Crippen LogP contribution in [0.2, 0.25) is 0 Å². The van der Waals surface area contributed by atoms with Crippen molar-refractivity contribution < 1.29 is 31.2 Å². The van der Waals surface area contributed by atoms with Gasteiger partial charge in [0.05, 0.1) is 11.4 Å². The van der Waals surface area contributed by atoms with Crippen molar-refractivity contribution in [3.8, 4) is 0 Å². The molecule has 0 fully saturated rings. The summed E-state index contributed by atoms with van der Waals surface area (Å²) in [6, 6.07) is 8.78. The number of rotatable bonds is 5. The molecule has 0 aromatic heterocycles. The maximum atomic E-state index is 12.5. The van der Waals surface area contributed by atoms with Crippen LogP contribution in [0.3, 0.4) is 0 Å². The molecular formula is C18H18F3N3O4S. The fraction of sp³-hybridized carbons (Fsp3) is 0.222. The number of carbonyl (C=O) groups is 2. The number of benzene rings is 2. The Morgan fingerprint density at radius 1 is 0.966 bits per heavy atom. The van der Waals surface area contributed by atoms with Gasteiger partial charge >= 0.3 is 5.51 Å². The highest BCUT2D eigenvalue weighted by Crippen LogP contribution is 2.30. The fourth-order valence-corrected chi connectivity index (χ4v) is 3.11. The standard InChI is InChI=1S/C18H18F3N3O4S/c1-11-3-8-15(12(2)9-11)22-10-16(25)23-24-17(26)13-4-6-14(7-5-13)29(27,28)18(19,20)21/h3-9,22H,10H2,1-2H3,(H,23,25)(H,24,26). The molecular weight excluding hydrogens is 411 g/mol. The van der Waals surface area contributed by atoms with Crippen LogP contribution in [0.25, 0.3) is 0 Å². The Balaban J connectivity index is 1.91. The molecule has 0 aliphatic carbocycles. The highest BCUT2D eigenvalue weighted by molar-refractivity contribution is 7.92. The molecule has 0 radical (unpaired) electrons. The molecule has 156 valence electrons. The normalized spacial score (nSPS) is 11.6. The van der Waals surface area contributed by atoms with Crippen molar-refractivity contribution in [1.29, 1.82) is 0 Å². The van der Waals surface area contributed by atoms with Crippen LogP contribution >= 0.6 is 0 Å². The number of hydrogen-bond acceptors (Lipinski definition) is 5. The quantitative estimate of drug-likeness (QED) is 0.634. The van der Waals surface area contributed by atoms with Gasteiger partial charge in [-0.3, -0.25) is 20.4 Å². The summed E-state index contributed by atoms with van der Waals surface area (Å²) in [5.41, 5.74) is 1.44. The first-order valence-electron chi connectivity index (χ1n) is 8.23. The minimum atomic E-state index is -5.49. The van der Waals surface area contributed by atoms with E-state index >= 15 is 0 Å². The van der Waals surface area contributed by atoms with Gasteiger partial charge in [0.1, 0.15) is 0 Å². The highest BCUT2D eigenvalue weighted by atomic mass is 32.2. The zero-order valence-electron chi connectivity index (χ0n) is 15.4. The summed E-state index contributed by atoms with van der Waals surface area (Å²) in [6.45, 7) is 3.68. The van der Waals surface area contributed by atoms with Crippen LogP contribution in [0.1, 0.15) is 21.5 Å². The molecule has 0 aliphatic heterocycles. The van der Waals surface area contributed by atoms with E-state index in [4.69, 9.17) is 0 Å². The number of hydrazine groups is 1. The van der Waals surface area contributed by atoms with Gasteiger partial charge in [0.25, 0.3) is 21.7 Å². The van der Waals surface area contributed by atoms with Crippen molar-refractivity contribution in [2.24, 2.45) is 0 Å². The number of nitrogens with one attached hydrogen (secondary N) is 3. The van der Waals surface area contributed by atoms with E-state index in [-0.39, 0.29) is 12.1 Å². The van der Waals surface area contributed by atoms with E-state index in [0.717, 1.165) is 28.9 Å². The first kappa shape index (κ1) is 22.2. The monoisotopic (exact) mass is 429 g/mol. The zero-order valence-corrected chi connectivity index (χ0v) is 16.2. The van der Waals surface area contributed by atoms with Gasteiger partial charge in [0, 0.05) is 11.3 Å². The number of hydrogen-bond donors (Lipinski definition) is 3. The maximum Gasteiger partial charge on any atom is 0.501 e. The summed E-state index contributed by atoms with van der Waals surface area (Å²) in [5.74, 6) is -1.38. The minimum Gasteiger partial charge on any atom is -0.376 e. The summed E-state index contributed by atoms with van der Waals surface area (Å²) in [5, 5.41) is 2.91. The SMILES string of the molecule is Cc1ccc(NCC(=O)NNC(=O)c2ccc(S(=O)(=O)C(F)(F)F)cc2)c(C)c1. The molecule has 0 bridgehead atoms. The molecule has 0 spiro atoms. The molecule has 2 aromatic rings. The van der Waals surface area contributed by atoms with E-state index in [1.807, 2.05) is 32.0 Å². The fourth-order valence-electron chi connectivity index (χ4n) is 2.35. The maximum absolute atomic E-state index is 12.5. The van der Waals surface area contributed by atoms with E-state index in [9.17, 15) is 31.2 Å². The molecule has 29 heavy (non-hydrogen) atoms. The Hall–Kier alpha value is -3.08. The van der Waals surface area contributed by atoms with Crippen molar-refractivity contribution in [3.05, 3.63) is 59.2 Å². The number of sulfone groups is 1. The van der Waals surface area contributed by atoms with E-state index in [2.05, 4.69) is 16.2 Å². The lowest BCUT2D eigenvalue weighted by molar-refractivity contribution is -0.120. The molecule has 2 rings (SSSR count). The smallest absolute Gasteiger partial charge is 0.376 e. The van der Waals surface area contributed by atoms with Crippen molar-refractivity contribution in [2.45, 2.75) is 24.3 Å². The van der Waals surface area contributed by atoms with Gasteiger partial charge in [-0.15, -0.1) is 0 Å².